The number of aromatic carboxylic acids is 1. The number of ketones is 1. The number of nitrogens with zero attached hydrogens (tertiary/aromatic N) is 1. The number of carboxylic acids is 1. The number of fused-ring (bicyclic) bond motifs is 1. The molecule has 0 radical (unpaired) electrons. The van der Waals surface area contributed by atoms with E-state index in [0.717, 1.165) is 41.0 Å². The Labute approximate surface area is 173 Å². The lowest BCUT2D eigenvalue weighted by molar-refractivity contribution is -0.120. The van der Waals surface area contributed by atoms with E-state index in [4.69, 9.17) is 14.6 Å². The van der Waals surface area contributed by atoms with Crippen molar-refractivity contribution in [2.45, 2.75) is 24.7 Å². The highest BCUT2D eigenvalue weighted by molar-refractivity contribution is 5.94. The topological polar surface area (TPSA) is 85.7 Å². The number of Topliss-reactive ketones (excluding diaryl/α,β-unsaturated/α-hetero) is 1. The molecule has 0 unspecified atom stereocenters. The molecule has 6 heteroatoms. The largest absolute Gasteiger partial charge is 0.478 e. The number of rotatable bonds is 6. The maximum atomic E-state index is 13.1. The molecule has 0 bridgehead atoms. The average molecular weight is 401 g/mol. The van der Waals surface area contributed by atoms with Crippen LogP contribution in [0.15, 0.2) is 60.8 Å². The molecule has 6 nitrogen and oxygen atoms in total. The molecule has 2 aromatic carbocycles. The zero-order valence-corrected chi connectivity index (χ0v) is 16.1. The van der Waals surface area contributed by atoms with Gasteiger partial charge in [0.2, 0.25) is 6.79 Å². The minimum atomic E-state index is -0.954. The van der Waals surface area contributed by atoms with Crippen molar-refractivity contribution in [3.63, 3.8) is 0 Å². The number of ether oxygens (including phenoxy) is 2. The summed E-state index contributed by atoms with van der Waals surface area (Å²) in [6.07, 6.45) is 3.66. The molecule has 2 aliphatic rings. The Hall–Kier alpha value is -3.67. The zero-order valence-electron chi connectivity index (χ0n) is 16.1. The van der Waals surface area contributed by atoms with Gasteiger partial charge < -0.3 is 14.6 Å². The molecule has 0 saturated heterocycles. The van der Waals surface area contributed by atoms with Gasteiger partial charge in [0.25, 0.3) is 0 Å². The van der Waals surface area contributed by atoms with E-state index in [1.807, 2.05) is 30.3 Å². The molecular formula is C24H19NO5. The molecule has 0 amide bonds. The van der Waals surface area contributed by atoms with E-state index in [-0.39, 0.29) is 24.6 Å². The Bertz CT molecular complexity index is 1130. The quantitative estimate of drug-likeness (QED) is 0.672. The van der Waals surface area contributed by atoms with Crippen LogP contribution in [0.2, 0.25) is 0 Å². The number of carbonyl (C=O) groups is 2. The number of benzene rings is 2. The molecule has 2 heterocycles. The van der Waals surface area contributed by atoms with Crippen molar-refractivity contribution in [3.8, 4) is 22.6 Å². The summed E-state index contributed by atoms with van der Waals surface area (Å²) >= 11 is 0. The van der Waals surface area contributed by atoms with Gasteiger partial charge in [-0.1, -0.05) is 24.3 Å². The van der Waals surface area contributed by atoms with Crippen LogP contribution in [0.25, 0.3) is 11.1 Å². The standard InChI is InChI=1S/C24H19NO5/c26-22(24(9-10-24)18-6-8-20-21(11-18)30-14-29-20)12-19-7-5-17(13-25-19)15-1-3-16(4-2-15)23(27)28/h1-8,11,13H,9-10,12,14H2,(H,27,28). The lowest BCUT2D eigenvalue weighted by Crippen LogP contribution is -2.22. The first-order valence-corrected chi connectivity index (χ1v) is 9.77. The number of carboxylic acid groups (broad SMARTS) is 1. The van der Waals surface area contributed by atoms with Crippen molar-refractivity contribution < 1.29 is 24.2 Å². The molecule has 5 rings (SSSR count). The predicted molar refractivity (Wildman–Crippen MR) is 109 cm³/mol. The molecule has 0 atom stereocenters. The van der Waals surface area contributed by atoms with Crippen molar-refractivity contribution in [1.29, 1.82) is 0 Å². The van der Waals surface area contributed by atoms with Crippen molar-refractivity contribution in [1.82, 2.24) is 4.98 Å². The van der Waals surface area contributed by atoms with Crippen molar-refractivity contribution in [3.05, 3.63) is 77.6 Å². The van der Waals surface area contributed by atoms with Gasteiger partial charge >= 0.3 is 5.97 Å². The Morgan fingerprint density at radius 2 is 1.67 bits per heavy atom. The van der Waals surface area contributed by atoms with Gasteiger partial charge in [-0.25, -0.2) is 4.79 Å². The van der Waals surface area contributed by atoms with Crippen molar-refractivity contribution in [2.24, 2.45) is 0 Å². The summed E-state index contributed by atoms with van der Waals surface area (Å²) in [6.45, 7) is 0.217. The third-order valence-corrected chi connectivity index (χ3v) is 5.84. The fourth-order valence-electron chi connectivity index (χ4n) is 3.89. The van der Waals surface area contributed by atoms with Gasteiger partial charge in [-0.15, -0.1) is 0 Å². The van der Waals surface area contributed by atoms with Crippen LogP contribution in [-0.4, -0.2) is 28.6 Å². The fourth-order valence-corrected chi connectivity index (χ4v) is 3.89. The fraction of sp³-hybridized carbons (Fsp3) is 0.208. The van der Waals surface area contributed by atoms with Gasteiger partial charge in [0.1, 0.15) is 5.78 Å². The van der Waals surface area contributed by atoms with Gasteiger partial charge in [0, 0.05) is 23.9 Å². The number of carbonyl (C=O) groups excluding carboxylic acids is 1. The summed E-state index contributed by atoms with van der Waals surface area (Å²) < 4.78 is 10.8. The summed E-state index contributed by atoms with van der Waals surface area (Å²) in [4.78, 5) is 28.5. The molecule has 1 aliphatic carbocycles. The third-order valence-electron chi connectivity index (χ3n) is 5.84. The van der Waals surface area contributed by atoms with Gasteiger partial charge in [0.15, 0.2) is 11.5 Å². The van der Waals surface area contributed by atoms with Crippen molar-refractivity contribution in [2.75, 3.05) is 6.79 Å². The van der Waals surface area contributed by atoms with Crippen LogP contribution in [0.3, 0.4) is 0 Å². The van der Waals surface area contributed by atoms with E-state index in [0.29, 0.717) is 5.75 Å². The molecule has 1 saturated carbocycles. The third kappa shape index (κ3) is 3.20. The Morgan fingerprint density at radius 3 is 2.33 bits per heavy atom. The lowest BCUT2D eigenvalue weighted by Gasteiger charge is -2.15. The summed E-state index contributed by atoms with van der Waals surface area (Å²) in [5.41, 5.74) is 3.25. The molecule has 0 spiro atoms. The summed E-state index contributed by atoms with van der Waals surface area (Å²) in [5.74, 6) is 0.621. The summed E-state index contributed by atoms with van der Waals surface area (Å²) in [5, 5.41) is 9.01. The first-order valence-electron chi connectivity index (χ1n) is 9.77. The molecule has 1 aromatic heterocycles. The minimum absolute atomic E-state index is 0.160. The van der Waals surface area contributed by atoms with Gasteiger partial charge in [-0.2, -0.15) is 0 Å². The first kappa shape index (κ1) is 18.4. The van der Waals surface area contributed by atoms with E-state index in [1.54, 1.807) is 30.5 Å². The Balaban J connectivity index is 1.31. The monoisotopic (exact) mass is 401 g/mol. The molecule has 3 aromatic rings. The predicted octanol–water partition coefficient (Wildman–Crippen LogP) is 4.02. The second-order valence-electron chi connectivity index (χ2n) is 7.67. The Morgan fingerprint density at radius 1 is 0.933 bits per heavy atom. The molecule has 1 N–H and O–H groups in total. The molecule has 1 aliphatic heterocycles. The highest BCUT2D eigenvalue weighted by Crippen LogP contribution is 2.51. The van der Waals surface area contributed by atoms with Crippen LogP contribution in [0.4, 0.5) is 0 Å². The maximum absolute atomic E-state index is 13.1. The van der Waals surface area contributed by atoms with Crippen LogP contribution >= 0.6 is 0 Å². The van der Waals surface area contributed by atoms with E-state index in [2.05, 4.69) is 4.98 Å². The zero-order chi connectivity index (χ0) is 20.7. The summed E-state index contributed by atoms with van der Waals surface area (Å²) in [7, 11) is 0. The van der Waals surface area contributed by atoms with Crippen LogP contribution in [0.1, 0.15) is 34.5 Å². The Kier molecular flexibility index (Phi) is 4.28. The highest BCUT2D eigenvalue weighted by atomic mass is 16.7. The average Bonchev–Trinajstić information content (AvgIpc) is 3.45. The number of aromatic nitrogens is 1. The number of hydrogen-bond acceptors (Lipinski definition) is 5. The van der Waals surface area contributed by atoms with E-state index >= 15 is 0 Å². The second-order valence-corrected chi connectivity index (χ2v) is 7.67. The molecular weight excluding hydrogens is 382 g/mol. The minimum Gasteiger partial charge on any atom is -0.478 e. The van der Waals surface area contributed by atoms with Gasteiger partial charge in [-0.05, 0) is 54.3 Å². The first-order chi connectivity index (χ1) is 14.5. The van der Waals surface area contributed by atoms with E-state index in [1.165, 1.54) is 0 Å². The second kappa shape index (κ2) is 6.99. The van der Waals surface area contributed by atoms with Crippen LogP contribution in [-0.2, 0) is 16.6 Å². The number of hydrogen-bond donors (Lipinski definition) is 1. The van der Waals surface area contributed by atoms with Gasteiger partial charge in [0.05, 0.1) is 11.0 Å². The molecule has 150 valence electrons. The maximum Gasteiger partial charge on any atom is 0.335 e. The van der Waals surface area contributed by atoms with Crippen LogP contribution < -0.4 is 9.47 Å². The van der Waals surface area contributed by atoms with E-state index in [9.17, 15) is 9.59 Å². The normalized spacial score (nSPS) is 15.6. The van der Waals surface area contributed by atoms with Gasteiger partial charge in [-0.3, -0.25) is 9.78 Å². The number of pyridine rings is 1. The van der Waals surface area contributed by atoms with E-state index < -0.39 is 11.4 Å². The van der Waals surface area contributed by atoms with Crippen molar-refractivity contribution >= 4 is 11.8 Å². The lowest BCUT2D eigenvalue weighted by atomic mass is 9.88. The smallest absolute Gasteiger partial charge is 0.335 e. The van der Waals surface area contributed by atoms with Crippen LogP contribution in [0, 0.1) is 0 Å². The van der Waals surface area contributed by atoms with Crippen LogP contribution in [0.5, 0.6) is 11.5 Å². The molecule has 1 fully saturated rings. The SMILES string of the molecule is O=C(O)c1ccc(-c2ccc(CC(=O)C3(c4ccc5c(c4)OCO5)CC3)nc2)cc1. The highest BCUT2D eigenvalue weighted by Gasteiger charge is 2.50. The molecule has 30 heavy (non-hydrogen) atoms. The summed E-state index contributed by atoms with van der Waals surface area (Å²) in [6, 6.07) is 16.1.